The highest BCUT2D eigenvalue weighted by molar-refractivity contribution is 6.70. The number of nitrogens with zero attached hydrogens (tertiary/aromatic N) is 1. The van der Waals surface area contributed by atoms with Gasteiger partial charge in [0.05, 0.1) is 12.1 Å². The number of methoxy groups -OCH3 is 1. The second kappa shape index (κ2) is 4.35. The van der Waals surface area contributed by atoms with Gasteiger partial charge in [0.15, 0.2) is 5.17 Å². The van der Waals surface area contributed by atoms with E-state index in [4.69, 9.17) is 33.1 Å². The summed E-state index contributed by atoms with van der Waals surface area (Å²) >= 11 is 11.5. The van der Waals surface area contributed by atoms with Crippen LogP contribution in [0.2, 0.25) is 5.02 Å². The molecular weight excluding hydrogens is 213 g/mol. The molecule has 1 aromatic carbocycles. The SMILES string of the molecule is COc1cccc(C(Cl)=NO)c1Cl. The molecule has 0 aliphatic rings. The van der Waals surface area contributed by atoms with Crippen molar-refractivity contribution in [2.75, 3.05) is 7.11 Å². The van der Waals surface area contributed by atoms with Gasteiger partial charge in [-0.1, -0.05) is 34.4 Å². The van der Waals surface area contributed by atoms with Crippen LogP contribution in [0.3, 0.4) is 0 Å². The van der Waals surface area contributed by atoms with Gasteiger partial charge < -0.3 is 9.94 Å². The molecule has 1 N–H and O–H groups in total. The predicted molar refractivity (Wildman–Crippen MR) is 52.2 cm³/mol. The first kappa shape index (κ1) is 10.2. The van der Waals surface area contributed by atoms with Gasteiger partial charge in [0, 0.05) is 5.56 Å². The van der Waals surface area contributed by atoms with Crippen LogP contribution >= 0.6 is 23.2 Å². The average molecular weight is 220 g/mol. The third-order valence-electron chi connectivity index (χ3n) is 1.49. The number of benzene rings is 1. The lowest BCUT2D eigenvalue weighted by Gasteiger charge is -2.05. The Bertz CT molecular complexity index is 339. The van der Waals surface area contributed by atoms with Gasteiger partial charge in [0.1, 0.15) is 5.75 Å². The zero-order chi connectivity index (χ0) is 9.84. The monoisotopic (exact) mass is 219 g/mol. The van der Waals surface area contributed by atoms with Crippen molar-refractivity contribution < 1.29 is 9.94 Å². The van der Waals surface area contributed by atoms with E-state index in [0.29, 0.717) is 16.3 Å². The first-order valence-corrected chi connectivity index (χ1v) is 4.16. The van der Waals surface area contributed by atoms with Crippen LogP contribution in [0, 0.1) is 0 Å². The quantitative estimate of drug-likeness (QED) is 0.473. The molecule has 0 heterocycles. The van der Waals surface area contributed by atoms with Gasteiger partial charge >= 0.3 is 0 Å². The molecule has 0 spiro atoms. The molecule has 0 radical (unpaired) electrons. The van der Waals surface area contributed by atoms with Gasteiger partial charge in [-0.2, -0.15) is 0 Å². The Kier molecular flexibility index (Phi) is 3.39. The Morgan fingerprint density at radius 1 is 1.54 bits per heavy atom. The van der Waals surface area contributed by atoms with Crippen molar-refractivity contribution in [3.05, 3.63) is 28.8 Å². The highest BCUT2D eigenvalue weighted by atomic mass is 35.5. The van der Waals surface area contributed by atoms with E-state index in [1.807, 2.05) is 0 Å². The summed E-state index contributed by atoms with van der Waals surface area (Å²) < 4.78 is 4.95. The third kappa shape index (κ3) is 2.05. The van der Waals surface area contributed by atoms with Gasteiger partial charge in [0.2, 0.25) is 0 Å². The van der Waals surface area contributed by atoms with E-state index in [9.17, 15) is 0 Å². The van der Waals surface area contributed by atoms with Crippen molar-refractivity contribution in [2.45, 2.75) is 0 Å². The number of ether oxygens (including phenoxy) is 1. The molecule has 0 unspecified atom stereocenters. The lowest BCUT2D eigenvalue weighted by molar-refractivity contribution is 0.321. The standard InChI is InChI=1S/C8H7Cl2NO2/c1-13-6-4-2-3-5(7(6)9)8(10)11-12/h2-4,12H,1H3. The number of oxime groups is 1. The van der Waals surface area contributed by atoms with Crippen LogP contribution in [-0.4, -0.2) is 17.5 Å². The van der Waals surface area contributed by atoms with Gasteiger partial charge in [-0.15, -0.1) is 0 Å². The number of rotatable bonds is 2. The topological polar surface area (TPSA) is 41.8 Å². The van der Waals surface area contributed by atoms with E-state index in [2.05, 4.69) is 5.16 Å². The molecule has 0 amide bonds. The molecule has 5 heteroatoms. The lowest BCUT2D eigenvalue weighted by atomic mass is 10.2. The predicted octanol–water partition coefficient (Wildman–Crippen LogP) is 2.72. The summed E-state index contributed by atoms with van der Waals surface area (Å²) in [5, 5.41) is 11.5. The highest BCUT2D eigenvalue weighted by Gasteiger charge is 2.10. The van der Waals surface area contributed by atoms with Gasteiger partial charge in [0.25, 0.3) is 0 Å². The fourth-order valence-corrected chi connectivity index (χ4v) is 1.38. The van der Waals surface area contributed by atoms with E-state index in [-0.39, 0.29) is 5.17 Å². The van der Waals surface area contributed by atoms with Crippen LogP contribution in [0.25, 0.3) is 0 Å². The maximum absolute atomic E-state index is 8.43. The molecule has 0 fully saturated rings. The average Bonchev–Trinajstić information content (AvgIpc) is 2.17. The summed E-state index contributed by atoms with van der Waals surface area (Å²) in [6, 6.07) is 5.02. The van der Waals surface area contributed by atoms with Crippen LogP contribution in [0.4, 0.5) is 0 Å². The zero-order valence-corrected chi connectivity index (χ0v) is 8.30. The van der Waals surface area contributed by atoms with Crippen LogP contribution in [0.5, 0.6) is 5.75 Å². The Morgan fingerprint density at radius 3 is 2.77 bits per heavy atom. The minimum absolute atomic E-state index is 0.0658. The molecule has 70 valence electrons. The first-order chi connectivity index (χ1) is 6.20. The summed E-state index contributed by atoms with van der Waals surface area (Å²) in [5.74, 6) is 0.487. The number of hydrogen-bond acceptors (Lipinski definition) is 3. The zero-order valence-electron chi connectivity index (χ0n) is 6.79. The number of hydrogen-bond donors (Lipinski definition) is 1. The maximum atomic E-state index is 8.43. The van der Waals surface area contributed by atoms with Gasteiger partial charge in [-0.25, -0.2) is 0 Å². The Hall–Kier alpha value is -0.930. The minimum Gasteiger partial charge on any atom is -0.495 e. The molecule has 0 bridgehead atoms. The molecule has 13 heavy (non-hydrogen) atoms. The van der Waals surface area contributed by atoms with Crippen LogP contribution in [-0.2, 0) is 0 Å². The van der Waals surface area contributed by atoms with Crippen molar-refractivity contribution in [2.24, 2.45) is 5.16 Å². The van der Waals surface area contributed by atoms with Crippen molar-refractivity contribution in [1.82, 2.24) is 0 Å². The summed E-state index contributed by atoms with van der Waals surface area (Å²) in [5.41, 5.74) is 0.435. The van der Waals surface area contributed by atoms with E-state index >= 15 is 0 Å². The Labute approximate surface area is 85.5 Å². The fraction of sp³-hybridized carbons (Fsp3) is 0.125. The summed E-state index contributed by atoms with van der Waals surface area (Å²) in [7, 11) is 1.50. The second-order valence-corrected chi connectivity index (χ2v) is 2.95. The summed E-state index contributed by atoms with van der Waals surface area (Å²) in [6.45, 7) is 0. The van der Waals surface area contributed by atoms with Gasteiger partial charge in [-0.3, -0.25) is 0 Å². The first-order valence-electron chi connectivity index (χ1n) is 3.41. The smallest absolute Gasteiger partial charge is 0.176 e. The molecule has 1 rings (SSSR count). The molecule has 0 aromatic heterocycles. The van der Waals surface area contributed by atoms with Crippen molar-refractivity contribution >= 4 is 28.4 Å². The van der Waals surface area contributed by atoms with E-state index in [1.165, 1.54) is 7.11 Å². The van der Waals surface area contributed by atoms with Crippen LogP contribution < -0.4 is 4.74 Å². The molecule has 1 aromatic rings. The molecule has 0 saturated carbocycles. The number of halogens is 2. The molecule has 3 nitrogen and oxygen atoms in total. The van der Waals surface area contributed by atoms with Gasteiger partial charge in [-0.05, 0) is 12.1 Å². The highest BCUT2D eigenvalue weighted by Crippen LogP contribution is 2.28. The van der Waals surface area contributed by atoms with Crippen molar-refractivity contribution in [3.63, 3.8) is 0 Å². The molecule has 0 aliphatic heterocycles. The molecule has 0 atom stereocenters. The third-order valence-corrected chi connectivity index (χ3v) is 2.16. The summed E-state index contributed by atoms with van der Waals surface area (Å²) in [4.78, 5) is 0. The normalized spacial score (nSPS) is 11.5. The second-order valence-electron chi connectivity index (χ2n) is 2.21. The van der Waals surface area contributed by atoms with Crippen molar-refractivity contribution in [1.29, 1.82) is 0 Å². The summed E-state index contributed by atoms with van der Waals surface area (Å²) in [6.07, 6.45) is 0. The van der Waals surface area contributed by atoms with E-state index in [1.54, 1.807) is 18.2 Å². The van der Waals surface area contributed by atoms with Crippen molar-refractivity contribution in [3.8, 4) is 5.75 Å². The largest absolute Gasteiger partial charge is 0.495 e. The maximum Gasteiger partial charge on any atom is 0.176 e. The fourth-order valence-electron chi connectivity index (χ4n) is 0.882. The van der Waals surface area contributed by atoms with E-state index in [0.717, 1.165) is 0 Å². The Balaban J connectivity index is 3.23. The Morgan fingerprint density at radius 2 is 2.23 bits per heavy atom. The molecule has 0 saturated heterocycles. The van der Waals surface area contributed by atoms with Crippen LogP contribution in [0.1, 0.15) is 5.56 Å². The molecular formula is C8H7Cl2NO2. The van der Waals surface area contributed by atoms with E-state index < -0.39 is 0 Å². The van der Waals surface area contributed by atoms with Crippen LogP contribution in [0.15, 0.2) is 23.4 Å². The lowest BCUT2D eigenvalue weighted by Crippen LogP contribution is -1.94. The minimum atomic E-state index is -0.0658. The molecule has 0 aliphatic carbocycles.